The zero-order valence-electron chi connectivity index (χ0n) is 16.7. The van der Waals surface area contributed by atoms with Crippen LogP contribution in [0.3, 0.4) is 0 Å². The molecule has 0 spiro atoms. The number of carbonyl (C=O) groups excluding carboxylic acids is 1. The summed E-state index contributed by atoms with van der Waals surface area (Å²) < 4.78 is 4.81. The molecule has 0 bridgehead atoms. The first-order valence-corrected chi connectivity index (χ1v) is 9.97. The van der Waals surface area contributed by atoms with Gasteiger partial charge in [0.1, 0.15) is 5.82 Å². The second kappa shape index (κ2) is 8.86. The number of nitrogens with one attached hydrogen (secondary N) is 1. The first kappa shape index (κ1) is 20.4. The minimum absolute atomic E-state index is 0.364. The largest absolute Gasteiger partial charge is 0.465 e. The summed E-state index contributed by atoms with van der Waals surface area (Å²) in [6.45, 7) is 0.529. The number of rotatable bonds is 5. The van der Waals surface area contributed by atoms with Gasteiger partial charge < -0.3 is 10.1 Å². The minimum atomic E-state index is -0.364. The van der Waals surface area contributed by atoms with Crippen LogP contribution in [0.25, 0.3) is 22.0 Å². The Labute approximate surface area is 184 Å². The first-order chi connectivity index (χ1) is 15.1. The molecule has 0 aliphatic carbocycles. The van der Waals surface area contributed by atoms with Gasteiger partial charge in [-0.3, -0.25) is 0 Å². The molecule has 0 radical (unpaired) electrons. The van der Waals surface area contributed by atoms with E-state index in [-0.39, 0.29) is 5.97 Å². The molecule has 0 amide bonds. The van der Waals surface area contributed by atoms with Crippen molar-refractivity contribution in [3.05, 3.63) is 94.5 Å². The van der Waals surface area contributed by atoms with E-state index in [0.717, 1.165) is 22.1 Å². The van der Waals surface area contributed by atoms with Gasteiger partial charge in [0.2, 0.25) is 0 Å². The number of fused-ring (bicyclic) bond motifs is 1. The van der Waals surface area contributed by atoms with Gasteiger partial charge in [-0.05, 0) is 59.2 Å². The molecule has 4 rings (SSSR count). The van der Waals surface area contributed by atoms with Gasteiger partial charge in [-0.15, -0.1) is 0 Å². The number of esters is 1. The molecule has 0 saturated heterocycles. The lowest BCUT2D eigenvalue weighted by Crippen LogP contribution is -2.03. The molecule has 6 heteroatoms. The van der Waals surface area contributed by atoms with Crippen molar-refractivity contribution in [2.24, 2.45) is 0 Å². The van der Waals surface area contributed by atoms with Crippen molar-refractivity contribution in [2.75, 3.05) is 12.4 Å². The lowest BCUT2D eigenvalue weighted by Gasteiger charge is -2.10. The number of nitriles is 1. The summed E-state index contributed by atoms with van der Waals surface area (Å²) in [4.78, 5) is 16.4. The zero-order valence-corrected chi connectivity index (χ0v) is 17.5. The third-order valence-electron chi connectivity index (χ3n) is 4.91. The summed E-state index contributed by atoms with van der Waals surface area (Å²) in [5.41, 5.74) is 4.69. The molecular weight excluding hydrogens is 410 g/mol. The molecule has 5 nitrogen and oxygen atoms in total. The fourth-order valence-electron chi connectivity index (χ4n) is 3.38. The summed E-state index contributed by atoms with van der Waals surface area (Å²) in [6, 6.07) is 24.6. The van der Waals surface area contributed by atoms with Gasteiger partial charge in [-0.25, -0.2) is 9.78 Å². The number of hydrogen-bond acceptors (Lipinski definition) is 5. The van der Waals surface area contributed by atoms with E-state index in [9.17, 15) is 10.1 Å². The van der Waals surface area contributed by atoms with E-state index in [1.165, 1.54) is 7.11 Å². The van der Waals surface area contributed by atoms with E-state index in [1.807, 2.05) is 36.4 Å². The molecule has 31 heavy (non-hydrogen) atoms. The Bertz CT molecular complexity index is 1330. The Hall–Kier alpha value is -3.88. The number of pyridine rings is 1. The standard InChI is InChI=1S/C25H18ClN3O2/c1-31-25(30)19-7-3-6-18(11-19)17-5-2-4-16(10-17)15-28-24-12-20(14-27)22-13-21(26)8-9-23(22)29-24/h2-13H,15H2,1H3,(H,28,29). The summed E-state index contributed by atoms with van der Waals surface area (Å²) >= 11 is 6.05. The van der Waals surface area contributed by atoms with Gasteiger partial charge in [-0.1, -0.05) is 41.9 Å². The zero-order chi connectivity index (χ0) is 21.8. The molecule has 0 unspecified atom stereocenters. The molecule has 3 aromatic carbocycles. The number of carbonyl (C=O) groups is 1. The highest BCUT2D eigenvalue weighted by atomic mass is 35.5. The van der Waals surface area contributed by atoms with Crippen LogP contribution in [0, 0.1) is 11.3 Å². The van der Waals surface area contributed by atoms with E-state index < -0.39 is 0 Å². The Morgan fingerprint density at radius 1 is 1.06 bits per heavy atom. The summed E-state index contributed by atoms with van der Waals surface area (Å²) in [5, 5.41) is 14.1. The highest BCUT2D eigenvalue weighted by Gasteiger charge is 2.09. The van der Waals surface area contributed by atoms with Crippen molar-refractivity contribution >= 4 is 34.3 Å². The van der Waals surface area contributed by atoms with Gasteiger partial charge in [0, 0.05) is 17.0 Å². The highest BCUT2D eigenvalue weighted by molar-refractivity contribution is 6.31. The maximum Gasteiger partial charge on any atom is 0.337 e. The average Bonchev–Trinajstić information content (AvgIpc) is 2.82. The molecule has 0 saturated carbocycles. The Morgan fingerprint density at radius 2 is 1.84 bits per heavy atom. The van der Waals surface area contributed by atoms with Crippen LogP contribution in [0.4, 0.5) is 5.82 Å². The average molecular weight is 428 g/mol. The monoisotopic (exact) mass is 427 g/mol. The number of nitrogens with zero attached hydrogens (tertiary/aromatic N) is 2. The van der Waals surface area contributed by atoms with Crippen LogP contribution in [0.15, 0.2) is 72.8 Å². The third-order valence-corrected chi connectivity index (χ3v) is 5.14. The van der Waals surface area contributed by atoms with Crippen LogP contribution in [-0.4, -0.2) is 18.1 Å². The highest BCUT2D eigenvalue weighted by Crippen LogP contribution is 2.25. The predicted molar refractivity (Wildman–Crippen MR) is 122 cm³/mol. The van der Waals surface area contributed by atoms with Crippen molar-refractivity contribution in [3.8, 4) is 17.2 Å². The molecule has 0 fully saturated rings. The number of benzene rings is 3. The molecule has 1 N–H and O–H groups in total. The number of anilines is 1. The molecule has 152 valence electrons. The molecular formula is C25H18ClN3O2. The molecule has 4 aromatic rings. The number of methoxy groups -OCH3 is 1. The van der Waals surface area contributed by atoms with Gasteiger partial charge in [0.25, 0.3) is 0 Å². The Morgan fingerprint density at radius 3 is 2.61 bits per heavy atom. The molecule has 1 aromatic heterocycles. The van der Waals surface area contributed by atoms with Gasteiger partial charge in [0.15, 0.2) is 0 Å². The molecule has 0 aliphatic rings. The topological polar surface area (TPSA) is 75.0 Å². The number of hydrogen-bond donors (Lipinski definition) is 1. The van der Waals surface area contributed by atoms with Gasteiger partial charge in [-0.2, -0.15) is 5.26 Å². The van der Waals surface area contributed by atoms with E-state index in [4.69, 9.17) is 16.3 Å². The van der Waals surface area contributed by atoms with Crippen LogP contribution in [0.5, 0.6) is 0 Å². The van der Waals surface area contributed by atoms with Crippen LogP contribution >= 0.6 is 11.6 Å². The SMILES string of the molecule is COC(=O)c1cccc(-c2cccc(CNc3cc(C#N)c4cc(Cl)ccc4n3)c2)c1. The van der Waals surface area contributed by atoms with Crippen molar-refractivity contribution in [3.63, 3.8) is 0 Å². The summed E-state index contributed by atoms with van der Waals surface area (Å²) in [7, 11) is 1.37. The van der Waals surface area contributed by atoms with E-state index in [2.05, 4.69) is 22.4 Å². The van der Waals surface area contributed by atoms with Crippen molar-refractivity contribution < 1.29 is 9.53 Å². The lowest BCUT2D eigenvalue weighted by molar-refractivity contribution is 0.0601. The number of ether oxygens (including phenoxy) is 1. The van der Waals surface area contributed by atoms with Crippen LogP contribution in [-0.2, 0) is 11.3 Å². The minimum Gasteiger partial charge on any atom is -0.465 e. The normalized spacial score (nSPS) is 10.5. The second-order valence-corrected chi connectivity index (χ2v) is 7.39. The van der Waals surface area contributed by atoms with E-state index in [0.29, 0.717) is 34.0 Å². The summed E-state index contributed by atoms with van der Waals surface area (Å²) in [5.74, 6) is 0.251. The number of halogens is 1. The summed E-state index contributed by atoms with van der Waals surface area (Å²) in [6.07, 6.45) is 0. The van der Waals surface area contributed by atoms with Crippen LogP contribution < -0.4 is 5.32 Å². The predicted octanol–water partition coefficient (Wildman–Crippen LogP) is 5.83. The maximum atomic E-state index is 11.8. The quantitative estimate of drug-likeness (QED) is 0.406. The Kier molecular flexibility index (Phi) is 5.83. The molecule has 0 aliphatic heterocycles. The maximum absolute atomic E-state index is 11.8. The fourth-order valence-corrected chi connectivity index (χ4v) is 3.55. The molecule has 0 atom stereocenters. The Balaban J connectivity index is 1.57. The number of aromatic nitrogens is 1. The first-order valence-electron chi connectivity index (χ1n) is 9.59. The smallest absolute Gasteiger partial charge is 0.337 e. The molecule has 1 heterocycles. The third kappa shape index (κ3) is 4.50. The van der Waals surface area contributed by atoms with Gasteiger partial charge >= 0.3 is 5.97 Å². The fraction of sp³-hybridized carbons (Fsp3) is 0.0800. The van der Waals surface area contributed by atoms with Crippen molar-refractivity contribution in [1.29, 1.82) is 5.26 Å². The van der Waals surface area contributed by atoms with Crippen LogP contribution in [0.1, 0.15) is 21.5 Å². The van der Waals surface area contributed by atoms with E-state index >= 15 is 0 Å². The van der Waals surface area contributed by atoms with Gasteiger partial charge in [0.05, 0.1) is 29.8 Å². The van der Waals surface area contributed by atoms with Crippen LogP contribution in [0.2, 0.25) is 5.02 Å². The van der Waals surface area contributed by atoms with E-state index in [1.54, 1.807) is 30.3 Å². The second-order valence-electron chi connectivity index (χ2n) is 6.95. The lowest BCUT2D eigenvalue weighted by atomic mass is 10.0. The van der Waals surface area contributed by atoms with Crippen molar-refractivity contribution in [2.45, 2.75) is 6.54 Å². The van der Waals surface area contributed by atoms with Crippen molar-refractivity contribution in [1.82, 2.24) is 4.98 Å².